The van der Waals surface area contributed by atoms with Crippen molar-refractivity contribution in [2.45, 2.75) is 45.4 Å². The molecule has 3 N–H and O–H groups in total. The lowest BCUT2D eigenvalue weighted by atomic mass is 9.89. The summed E-state index contributed by atoms with van der Waals surface area (Å²) in [5.74, 6) is -4.11. The Balaban J connectivity index is 1.78. The molecule has 3 amide bonds. The van der Waals surface area contributed by atoms with Crippen LogP contribution in [0.25, 0.3) is 10.9 Å². The van der Waals surface area contributed by atoms with Crippen molar-refractivity contribution in [1.82, 2.24) is 14.8 Å². The maximum atomic E-state index is 14.1. The fraction of sp³-hybridized carbons (Fsp3) is 0.533. The smallest absolute Gasteiger partial charge is 0.409 e. The summed E-state index contributed by atoms with van der Waals surface area (Å²) in [7, 11) is 0. The van der Waals surface area contributed by atoms with Gasteiger partial charge in [0.05, 0.1) is 47.5 Å². The molecule has 13 nitrogen and oxygen atoms in total. The molecule has 4 rings (SSSR count). The van der Waals surface area contributed by atoms with Gasteiger partial charge in [-0.15, -0.1) is 0 Å². The van der Waals surface area contributed by atoms with Crippen molar-refractivity contribution in [3.63, 3.8) is 0 Å². The number of carbonyl (C=O) groups excluding carboxylic acids is 4. The van der Waals surface area contributed by atoms with E-state index in [9.17, 15) is 29.1 Å². The van der Waals surface area contributed by atoms with Gasteiger partial charge in [-0.3, -0.25) is 24.2 Å². The number of pyridine rings is 1. The zero-order chi connectivity index (χ0) is 31.1. The van der Waals surface area contributed by atoms with Gasteiger partial charge < -0.3 is 35.0 Å². The first kappa shape index (κ1) is 31.5. The van der Waals surface area contributed by atoms with Gasteiger partial charge in [-0.05, 0) is 39.2 Å². The van der Waals surface area contributed by atoms with Gasteiger partial charge in [0.1, 0.15) is 0 Å². The highest BCUT2D eigenvalue weighted by Crippen LogP contribution is 2.38. The lowest BCUT2D eigenvalue weighted by Crippen LogP contribution is -2.52. The Morgan fingerprint density at radius 1 is 1.00 bits per heavy atom. The first-order valence-corrected chi connectivity index (χ1v) is 14.7. The number of nitrogens with two attached hydrogens (primary N) is 1. The topological polar surface area (TPSA) is 173 Å². The second kappa shape index (κ2) is 14.2. The molecule has 0 aliphatic carbocycles. The van der Waals surface area contributed by atoms with E-state index in [2.05, 4.69) is 0 Å². The summed E-state index contributed by atoms with van der Waals surface area (Å²) in [6.07, 6.45) is 0.393. The number of piperidine rings is 1. The van der Waals surface area contributed by atoms with Crippen molar-refractivity contribution < 1.29 is 38.6 Å². The number of aromatic nitrogens is 1. The number of esters is 1. The third kappa shape index (κ3) is 7.15. The molecule has 1 aromatic heterocycles. The Kier molecular flexibility index (Phi) is 10.4. The van der Waals surface area contributed by atoms with Crippen LogP contribution in [0.2, 0.25) is 0 Å². The van der Waals surface area contributed by atoms with E-state index < -0.39 is 35.7 Å². The number of nitrogens with zero attached hydrogens (tertiary/aromatic N) is 4. The Bertz CT molecular complexity index is 1370. The van der Waals surface area contributed by atoms with E-state index in [1.807, 2.05) is 11.0 Å². The van der Waals surface area contributed by atoms with E-state index in [-0.39, 0.29) is 76.0 Å². The fourth-order valence-corrected chi connectivity index (χ4v) is 5.86. The molecule has 2 saturated heterocycles. The number of ether oxygens (including phenoxy) is 2. The molecule has 2 fully saturated rings. The van der Waals surface area contributed by atoms with E-state index in [0.717, 1.165) is 0 Å². The number of aliphatic carboxylic acids is 1. The van der Waals surface area contributed by atoms with Crippen LogP contribution in [0.1, 0.15) is 61.5 Å². The predicted molar refractivity (Wildman–Crippen MR) is 157 cm³/mol. The zero-order valence-corrected chi connectivity index (χ0v) is 24.6. The Morgan fingerprint density at radius 2 is 1.67 bits per heavy atom. The highest BCUT2D eigenvalue weighted by Gasteiger charge is 2.37. The van der Waals surface area contributed by atoms with Crippen LogP contribution >= 0.6 is 0 Å². The molecule has 0 spiro atoms. The molecule has 2 atom stereocenters. The lowest BCUT2D eigenvalue weighted by Gasteiger charge is -2.37. The van der Waals surface area contributed by atoms with Gasteiger partial charge in [-0.2, -0.15) is 0 Å². The van der Waals surface area contributed by atoms with Crippen LogP contribution in [0.15, 0.2) is 24.3 Å². The standard InChI is InChI=1S/C30H39N5O8/c1-3-42-29(40)19-8-7-13-35(18-19)26-20-9-5-6-10-22(20)32-25(24(26)27(31)38)21(11-12-23(36)37)28(39)33-14-16-34(17-15-33)30(41)43-4-2/h5-6,9-10,19,21H,3-4,7-8,11-18H2,1-2H3,(H2,31,38)(H,36,37). The summed E-state index contributed by atoms with van der Waals surface area (Å²) in [5, 5.41) is 10.2. The average Bonchev–Trinajstić information content (AvgIpc) is 3.00. The Hall–Kier alpha value is -4.42. The number of amides is 3. The zero-order valence-electron chi connectivity index (χ0n) is 24.6. The second-order valence-corrected chi connectivity index (χ2v) is 10.6. The third-order valence-electron chi connectivity index (χ3n) is 7.89. The molecular formula is C30H39N5O8. The number of piperazine rings is 1. The number of benzene rings is 1. The number of carboxylic acid groups (broad SMARTS) is 1. The van der Waals surface area contributed by atoms with Gasteiger partial charge in [0.2, 0.25) is 5.91 Å². The second-order valence-electron chi connectivity index (χ2n) is 10.6. The van der Waals surface area contributed by atoms with Gasteiger partial charge in [-0.1, -0.05) is 18.2 Å². The third-order valence-corrected chi connectivity index (χ3v) is 7.89. The maximum Gasteiger partial charge on any atom is 0.409 e. The summed E-state index contributed by atoms with van der Waals surface area (Å²) in [6.45, 7) is 5.69. The summed E-state index contributed by atoms with van der Waals surface area (Å²) < 4.78 is 10.3. The molecule has 232 valence electrons. The summed E-state index contributed by atoms with van der Waals surface area (Å²) in [4.78, 5) is 73.5. The number of fused-ring (bicyclic) bond motifs is 1. The number of anilines is 1. The van der Waals surface area contributed by atoms with Gasteiger partial charge in [0, 0.05) is 51.1 Å². The largest absolute Gasteiger partial charge is 0.481 e. The van der Waals surface area contributed by atoms with Crippen LogP contribution in [0.5, 0.6) is 0 Å². The van der Waals surface area contributed by atoms with E-state index in [1.165, 1.54) is 4.90 Å². The molecule has 13 heteroatoms. The number of carbonyl (C=O) groups is 5. The van der Waals surface area contributed by atoms with Crippen LogP contribution in [0.3, 0.4) is 0 Å². The summed E-state index contributed by atoms with van der Waals surface area (Å²) in [6, 6.07) is 7.16. The molecule has 3 heterocycles. The van der Waals surface area contributed by atoms with E-state index in [4.69, 9.17) is 20.2 Å². The highest BCUT2D eigenvalue weighted by atomic mass is 16.6. The summed E-state index contributed by atoms with van der Waals surface area (Å²) in [5.41, 5.74) is 7.14. The molecule has 0 bridgehead atoms. The summed E-state index contributed by atoms with van der Waals surface area (Å²) >= 11 is 0. The van der Waals surface area contributed by atoms with Gasteiger partial charge >= 0.3 is 18.0 Å². The van der Waals surface area contributed by atoms with Crippen LogP contribution < -0.4 is 10.6 Å². The number of hydrogen-bond acceptors (Lipinski definition) is 9. The minimum Gasteiger partial charge on any atom is -0.481 e. The lowest BCUT2D eigenvalue weighted by molar-refractivity contribution is -0.148. The average molecular weight is 598 g/mol. The quantitative estimate of drug-likeness (QED) is 0.387. The highest BCUT2D eigenvalue weighted by molar-refractivity contribution is 6.09. The molecule has 2 aliphatic rings. The number of rotatable bonds is 10. The number of para-hydroxylation sites is 1. The predicted octanol–water partition coefficient (Wildman–Crippen LogP) is 2.36. The van der Waals surface area contributed by atoms with Gasteiger partial charge in [-0.25, -0.2) is 4.79 Å². The van der Waals surface area contributed by atoms with E-state index >= 15 is 0 Å². The van der Waals surface area contributed by atoms with Crippen molar-refractivity contribution in [1.29, 1.82) is 0 Å². The van der Waals surface area contributed by atoms with E-state index in [1.54, 1.807) is 36.9 Å². The minimum absolute atomic E-state index is 0.0390. The van der Waals surface area contributed by atoms with Crippen molar-refractivity contribution >= 4 is 46.4 Å². The van der Waals surface area contributed by atoms with Gasteiger partial charge in [0.15, 0.2) is 0 Å². The molecule has 0 saturated carbocycles. The van der Waals surface area contributed by atoms with Gasteiger partial charge in [0.25, 0.3) is 5.91 Å². The first-order chi connectivity index (χ1) is 20.7. The number of carboxylic acids is 1. The molecule has 2 aliphatic heterocycles. The molecule has 1 aromatic carbocycles. The molecule has 2 unspecified atom stereocenters. The Morgan fingerprint density at radius 3 is 2.33 bits per heavy atom. The van der Waals surface area contributed by atoms with Crippen LogP contribution in [-0.2, 0) is 23.9 Å². The van der Waals surface area contributed by atoms with Crippen molar-refractivity contribution in [2.24, 2.45) is 11.7 Å². The number of hydrogen-bond donors (Lipinski definition) is 2. The fourth-order valence-electron chi connectivity index (χ4n) is 5.86. The minimum atomic E-state index is -1.10. The van der Waals surface area contributed by atoms with Crippen molar-refractivity contribution in [3.05, 3.63) is 35.5 Å². The van der Waals surface area contributed by atoms with Crippen molar-refractivity contribution in [2.75, 3.05) is 57.4 Å². The van der Waals surface area contributed by atoms with Crippen LogP contribution in [0, 0.1) is 5.92 Å². The molecule has 2 aromatic rings. The first-order valence-electron chi connectivity index (χ1n) is 14.7. The normalized spacial score (nSPS) is 17.8. The SMILES string of the molecule is CCOC(=O)C1CCCN(c2c(C(N)=O)c(C(CCC(=O)O)C(=O)N3CCN(C(=O)OCC)CC3)nc3ccccc23)C1. The number of primary amides is 1. The molecular weight excluding hydrogens is 558 g/mol. The monoisotopic (exact) mass is 597 g/mol. The van der Waals surface area contributed by atoms with Crippen molar-refractivity contribution in [3.8, 4) is 0 Å². The van der Waals surface area contributed by atoms with Crippen LogP contribution in [-0.4, -0.2) is 102 Å². The molecule has 43 heavy (non-hydrogen) atoms. The maximum absolute atomic E-state index is 14.1. The van der Waals surface area contributed by atoms with E-state index in [0.29, 0.717) is 36.0 Å². The molecule has 0 radical (unpaired) electrons. The Labute approximate surface area is 249 Å². The van der Waals surface area contributed by atoms with Crippen LogP contribution in [0.4, 0.5) is 10.5 Å².